The predicted octanol–water partition coefficient (Wildman–Crippen LogP) is 2.03. The topological polar surface area (TPSA) is 118 Å². The highest BCUT2D eigenvalue weighted by Crippen LogP contribution is 2.22. The summed E-state index contributed by atoms with van der Waals surface area (Å²) in [6.45, 7) is 1.62. The van der Waals surface area contributed by atoms with Crippen molar-refractivity contribution in [2.45, 2.75) is 6.92 Å². The lowest BCUT2D eigenvalue weighted by molar-refractivity contribution is -0.138. The maximum Gasteiger partial charge on any atom is 0.519 e. The highest BCUT2D eigenvalue weighted by molar-refractivity contribution is 5.98. The molecule has 1 aromatic carbocycles. The second kappa shape index (κ2) is 5.27. The minimum absolute atomic E-state index is 0.0563. The van der Waals surface area contributed by atoms with Crippen LogP contribution in [-0.2, 0) is 9.53 Å². The molecule has 0 saturated carbocycles. The Morgan fingerprint density at radius 2 is 2.10 bits per heavy atom. The van der Waals surface area contributed by atoms with Gasteiger partial charge >= 0.3 is 17.5 Å². The van der Waals surface area contributed by atoms with Crippen LogP contribution >= 0.6 is 0 Å². The third kappa shape index (κ3) is 2.37. The fourth-order valence-corrected chi connectivity index (χ4v) is 1.54. The molecule has 0 spiro atoms. The summed E-state index contributed by atoms with van der Waals surface area (Å²) in [5.41, 5.74) is -0.287. The number of hydrogen-bond donors (Lipinski definition) is 1. The SMILES string of the molecule is CCOC(=O)/C([N+]#N)=C(\O)c1ccc2oc(=O)oc2c1. The van der Waals surface area contributed by atoms with Crippen molar-refractivity contribution in [1.29, 1.82) is 5.39 Å². The standard InChI is InChI=1S/C12H8N2O6/c1-2-18-11(16)9(14-13)10(15)6-3-4-7-8(5-6)20-12(17)19-7/h3-5H,2H2,1H3/p+1. The van der Waals surface area contributed by atoms with Crippen LogP contribution in [0.1, 0.15) is 12.5 Å². The number of ether oxygens (including phenoxy) is 1. The molecular formula is C12H9N2O6+. The molecule has 0 aliphatic heterocycles. The van der Waals surface area contributed by atoms with Crippen molar-refractivity contribution < 1.29 is 23.5 Å². The second-order valence-electron chi connectivity index (χ2n) is 3.63. The van der Waals surface area contributed by atoms with Crippen molar-refractivity contribution in [1.82, 2.24) is 0 Å². The van der Waals surface area contributed by atoms with Gasteiger partial charge in [0.1, 0.15) is 0 Å². The number of diazo groups is 1. The van der Waals surface area contributed by atoms with Crippen LogP contribution in [0.5, 0.6) is 0 Å². The van der Waals surface area contributed by atoms with Crippen LogP contribution in [0, 0.1) is 5.39 Å². The van der Waals surface area contributed by atoms with Gasteiger partial charge in [0.25, 0.3) is 0 Å². The first kappa shape index (κ1) is 13.4. The molecule has 2 rings (SSSR count). The van der Waals surface area contributed by atoms with Crippen molar-refractivity contribution in [3.8, 4) is 0 Å². The Morgan fingerprint density at radius 3 is 2.75 bits per heavy atom. The molecular weight excluding hydrogens is 268 g/mol. The van der Waals surface area contributed by atoms with Gasteiger partial charge in [-0.25, -0.2) is 9.59 Å². The van der Waals surface area contributed by atoms with Gasteiger partial charge in [-0.05, 0) is 25.1 Å². The number of carbonyl (C=O) groups excluding carboxylic acids is 1. The third-order valence-electron chi connectivity index (χ3n) is 2.40. The number of benzene rings is 1. The van der Waals surface area contributed by atoms with E-state index in [9.17, 15) is 14.7 Å². The van der Waals surface area contributed by atoms with E-state index in [2.05, 4.69) is 9.71 Å². The predicted molar refractivity (Wildman–Crippen MR) is 66.0 cm³/mol. The Hall–Kier alpha value is -3.08. The molecule has 0 aliphatic carbocycles. The number of rotatable bonds is 3. The molecule has 8 nitrogen and oxygen atoms in total. The fourth-order valence-electron chi connectivity index (χ4n) is 1.54. The number of aliphatic hydroxyl groups excluding tert-OH is 1. The lowest BCUT2D eigenvalue weighted by Crippen LogP contribution is -2.07. The van der Waals surface area contributed by atoms with Gasteiger partial charge in [0.05, 0.1) is 6.61 Å². The number of hydrogen-bond acceptors (Lipinski definition) is 7. The van der Waals surface area contributed by atoms with Gasteiger partial charge in [-0.1, -0.05) is 0 Å². The molecule has 102 valence electrons. The van der Waals surface area contributed by atoms with Gasteiger partial charge in [0, 0.05) is 5.56 Å². The van der Waals surface area contributed by atoms with Crippen LogP contribution in [0.25, 0.3) is 21.9 Å². The van der Waals surface area contributed by atoms with Gasteiger partial charge in [-0.3, -0.25) is 0 Å². The number of aliphatic hydroxyl groups is 1. The zero-order valence-electron chi connectivity index (χ0n) is 10.3. The second-order valence-corrected chi connectivity index (χ2v) is 3.63. The van der Waals surface area contributed by atoms with Crippen LogP contribution in [-0.4, -0.2) is 17.7 Å². The van der Waals surface area contributed by atoms with Gasteiger partial charge < -0.3 is 18.7 Å². The maximum atomic E-state index is 11.5. The van der Waals surface area contributed by atoms with Gasteiger partial charge in [-0.15, -0.1) is 0 Å². The smallest absolute Gasteiger partial charge is 0.501 e. The normalized spacial score (nSPS) is 11.8. The Bertz CT molecular complexity index is 792. The number of carbonyl (C=O) groups is 1. The zero-order valence-corrected chi connectivity index (χ0v) is 10.3. The number of esters is 1. The summed E-state index contributed by atoms with van der Waals surface area (Å²) in [5.74, 6) is -2.49. The summed E-state index contributed by atoms with van der Waals surface area (Å²) >= 11 is 0. The van der Waals surface area contributed by atoms with Crippen molar-refractivity contribution in [3.63, 3.8) is 0 Å². The molecule has 8 heteroatoms. The first-order valence-corrected chi connectivity index (χ1v) is 5.56. The summed E-state index contributed by atoms with van der Waals surface area (Å²) in [7, 11) is 0. The monoisotopic (exact) mass is 277 g/mol. The van der Waals surface area contributed by atoms with E-state index in [0.717, 1.165) is 0 Å². The molecule has 0 unspecified atom stereocenters. The quantitative estimate of drug-likeness (QED) is 0.394. The van der Waals surface area contributed by atoms with Crippen molar-refractivity contribution >= 4 is 22.9 Å². The molecule has 0 bridgehead atoms. The van der Waals surface area contributed by atoms with E-state index in [1.165, 1.54) is 18.2 Å². The van der Waals surface area contributed by atoms with Crippen LogP contribution in [0.2, 0.25) is 0 Å². The van der Waals surface area contributed by atoms with E-state index in [1.54, 1.807) is 6.92 Å². The highest BCUT2D eigenvalue weighted by atomic mass is 16.6. The lowest BCUT2D eigenvalue weighted by atomic mass is 10.1. The molecule has 0 aliphatic rings. The molecule has 1 heterocycles. The molecule has 20 heavy (non-hydrogen) atoms. The van der Waals surface area contributed by atoms with E-state index in [0.29, 0.717) is 0 Å². The highest BCUT2D eigenvalue weighted by Gasteiger charge is 2.31. The minimum Gasteiger partial charge on any atom is -0.501 e. The summed E-state index contributed by atoms with van der Waals surface area (Å²) in [4.78, 5) is 25.1. The van der Waals surface area contributed by atoms with Gasteiger partial charge in [0.15, 0.2) is 16.1 Å². The summed E-state index contributed by atoms with van der Waals surface area (Å²) in [6, 6.07) is 3.99. The molecule has 1 aromatic heterocycles. The minimum atomic E-state index is -0.985. The van der Waals surface area contributed by atoms with E-state index < -0.39 is 23.2 Å². The van der Waals surface area contributed by atoms with Gasteiger partial charge in [0.2, 0.25) is 11.2 Å². The van der Waals surface area contributed by atoms with Crippen molar-refractivity contribution in [2.24, 2.45) is 0 Å². The molecule has 0 amide bonds. The Balaban J connectivity index is 2.53. The van der Waals surface area contributed by atoms with Crippen molar-refractivity contribution in [3.05, 3.63) is 45.1 Å². The van der Waals surface area contributed by atoms with Crippen LogP contribution < -0.4 is 5.82 Å². The summed E-state index contributed by atoms with van der Waals surface area (Å²) in [5, 5.41) is 18.7. The van der Waals surface area contributed by atoms with E-state index >= 15 is 0 Å². The fraction of sp³-hybridized carbons (Fsp3) is 0.167. The van der Waals surface area contributed by atoms with Gasteiger partial charge in [-0.2, -0.15) is 0 Å². The van der Waals surface area contributed by atoms with E-state index in [-0.39, 0.29) is 23.3 Å². The Morgan fingerprint density at radius 1 is 1.40 bits per heavy atom. The Labute approximate surface area is 111 Å². The average Bonchev–Trinajstić information content (AvgIpc) is 2.78. The number of fused-ring (bicyclic) bond motifs is 1. The van der Waals surface area contributed by atoms with Crippen LogP contribution in [0.15, 0.2) is 37.5 Å². The molecule has 1 N–H and O–H groups in total. The molecule has 0 radical (unpaired) electrons. The maximum absolute atomic E-state index is 11.5. The third-order valence-corrected chi connectivity index (χ3v) is 2.40. The van der Waals surface area contributed by atoms with E-state index in [1.807, 2.05) is 0 Å². The molecule has 0 saturated heterocycles. The van der Waals surface area contributed by atoms with Crippen LogP contribution in [0.4, 0.5) is 0 Å². The molecule has 2 aromatic rings. The van der Waals surface area contributed by atoms with Crippen LogP contribution in [0.3, 0.4) is 0 Å². The van der Waals surface area contributed by atoms with Crippen molar-refractivity contribution in [2.75, 3.05) is 6.61 Å². The first-order valence-electron chi connectivity index (χ1n) is 5.56. The Kier molecular flexibility index (Phi) is 3.52. The number of nitrogens with zero attached hydrogens (tertiary/aromatic N) is 2. The molecule has 0 fully saturated rings. The summed E-state index contributed by atoms with van der Waals surface area (Å²) < 4.78 is 14.0. The first-order chi connectivity index (χ1) is 9.56. The van der Waals surface area contributed by atoms with E-state index in [4.69, 9.17) is 14.2 Å². The average molecular weight is 277 g/mol. The largest absolute Gasteiger partial charge is 0.519 e. The molecule has 0 atom stereocenters. The zero-order chi connectivity index (χ0) is 14.7. The lowest BCUT2D eigenvalue weighted by Gasteiger charge is -1.97. The summed E-state index contributed by atoms with van der Waals surface area (Å²) in [6.07, 6.45) is 0.